The minimum absolute atomic E-state index is 0.261. The number of nitrogens with zero attached hydrogens (tertiary/aromatic N) is 1. The Hall–Kier alpha value is -1.78. The molecule has 132 valence electrons. The molecule has 0 aromatic carbocycles. The molecule has 0 aliphatic rings. The highest BCUT2D eigenvalue weighted by atomic mass is 16.6. The highest BCUT2D eigenvalue weighted by Crippen LogP contribution is 2.15. The molecule has 0 spiro atoms. The number of hydrogen-bond acceptors (Lipinski definition) is 4. The van der Waals surface area contributed by atoms with Crippen LogP contribution in [0.3, 0.4) is 0 Å². The van der Waals surface area contributed by atoms with Gasteiger partial charge < -0.3 is 14.4 Å². The van der Waals surface area contributed by atoms with Crippen LogP contribution in [0.4, 0.5) is 4.79 Å². The first kappa shape index (κ1) is 21.2. The van der Waals surface area contributed by atoms with E-state index in [-0.39, 0.29) is 12.5 Å². The van der Waals surface area contributed by atoms with Gasteiger partial charge in [0.05, 0.1) is 12.5 Å². The molecule has 0 aliphatic carbocycles. The Bertz CT molecular complexity index is 410. The molecule has 0 bridgehead atoms. The van der Waals surface area contributed by atoms with Gasteiger partial charge in [-0.3, -0.25) is 4.79 Å². The molecule has 0 aromatic heterocycles. The van der Waals surface area contributed by atoms with E-state index < -0.39 is 17.6 Å². The van der Waals surface area contributed by atoms with Gasteiger partial charge in [0.15, 0.2) is 0 Å². The number of allylic oxidation sites excluding steroid dienone is 2. The third-order valence-corrected chi connectivity index (χ3v) is 2.96. The first-order valence-electron chi connectivity index (χ1n) is 8.11. The van der Waals surface area contributed by atoms with Crippen molar-refractivity contribution in [2.24, 2.45) is 5.92 Å². The number of amides is 1. The van der Waals surface area contributed by atoms with Crippen molar-refractivity contribution in [1.29, 1.82) is 0 Å². The molecular formula is C18H31NO4. The van der Waals surface area contributed by atoms with Gasteiger partial charge in [0.25, 0.3) is 0 Å². The van der Waals surface area contributed by atoms with Gasteiger partial charge >= 0.3 is 12.1 Å². The fourth-order valence-corrected chi connectivity index (χ4v) is 1.95. The standard InChI is InChI=1S/C18H31NO4/c1-7-10-11-13-19(17(21)23-18(4,5)6)14-15(12-8-2)16(20)22-9-3/h7-8,10,15H,2,9,11-14H2,1,3-6H3. The van der Waals surface area contributed by atoms with Gasteiger partial charge in [-0.1, -0.05) is 18.2 Å². The van der Waals surface area contributed by atoms with Crippen LogP contribution in [0.5, 0.6) is 0 Å². The molecule has 0 fully saturated rings. The highest BCUT2D eigenvalue weighted by molar-refractivity contribution is 5.74. The van der Waals surface area contributed by atoms with Crippen molar-refractivity contribution in [2.75, 3.05) is 19.7 Å². The number of carbonyl (C=O) groups is 2. The first-order valence-corrected chi connectivity index (χ1v) is 8.11. The smallest absolute Gasteiger partial charge is 0.410 e. The van der Waals surface area contributed by atoms with E-state index >= 15 is 0 Å². The third kappa shape index (κ3) is 9.76. The monoisotopic (exact) mass is 325 g/mol. The normalized spacial score (nSPS) is 12.7. The van der Waals surface area contributed by atoms with Crippen LogP contribution in [0.25, 0.3) is 0 Å². The zero-order valence-electron chi connectivity index (χ0n) is 15.1. The zero-order chi connectivity index (χ0) is 17.9. The molecule has 0 saturated heterocycles. The lowest BCUT2D eigenvalue weighted by atomic mass is 10.1. The van der Waals surface area contributed by atoms with Gasteiger partial charge in [-0.2, -0.15) is 0 Å². The topological polar surface area (TPSA) is 55.8 Å². The van der Waals surface area contributed by atoms with Crippen molar-refractivity contribution in [2.45, 2.75) is 53.1 Å². The van der Waals surface area contributed by atoms with Crippen molar-refractivity contribution in [3.8, 4) is 0 Å². The summed E-state index contributed by atoms with van der Waals surface area (Å²) >= 11 is 0. The lowest BCUT2D eigenvalue weighted by Gasteiger charge is -2.29. The molecule has 1 unspecified atom stereocenters. The van der Waals surface area contributed by atoms with E-state index in [0.717, 1.165) is 0 Å². The molecule has 1 atom stereocenters. The van der Waals surface area contributed by atoms with Crippen molar-refractivity contribution in [1.82, 2.24) is 4.90 Å². The van der Waals surface area contributed by atoms with Gasteiger partial charge in [-0.15, -0.1) is 6.58 Å². The van der Waals surface area contributed by atoms with Crippen molar-refractivity contribution < 1.29 is 19.1 Å². The van der Waals surface area contributed by atoms with E-state index in [2.05, 4.69) is 6.58 Å². The lowest BCUT2D eigenvalue weighted by molar-refractivity contribution is -0.148. The summed E-state index contributed by atoms with van der Waals surface area (Å²) in [6, 6.07) is 0. The van der Waals surface area contributed by atoms with Crippen LogP contribution in [-0.4, -0.2) is 42.3 Å². The van der Waals surface area contributed by atoms with E-state index in [1.54, 1.807) is 17.9 Å². The summed E-state index contributed by atoms with van der Waals surface area (Å²) in [4.78, 5) is 26.0. The predicted molar refractivity (Wildman–Crippen MR) is 92.2 cm³/mol. The van der Waals surface area contributed by atoms with Crippen LogP contribution in [0.15, 0.2) is 24.8 Å². The van der Waals surface area contributed by atoms with E-state index in [1.807, 2.05) is 39.8 Å². The van der Waals surface area contributed by atoms with Gasteiger partial charge in [0.2, 0.25) is 0 Å². The van der Waals surface area contributed by atoms with Crippen LogP contribution in [0.1, 0.15) is 47.5 Å². The minimum Gasteiger partial charge on any atom is -0.466 e. The highest BCUT2D eigenvalue weighted by Gasteiger charge is 2.27. The Morgan fingerprint density at radius 1 is 1.30 bits per heavy atom. The van der Waals surface area contributed by atoms with Crippen LogP contribution in [-0.2, 0) is 14.3 Å². The molecule has 5 nitrogen and oxygen atoms in total. The maximum Gasteiger partial charge on any atom is 0.410 e. The molecule has 1 amide bonds. The molecule has 23 heavy (non-hydrogen) atoms. The molecule has 5 heteroatoms. The molecule has 0 N–H and O–H groups in total. The number of ether oxygens (including phenoxy) is 2. The summed E-state index contributed by atoms with van der Waals surface area (Å²) in [6.07, 6.45) is 6.33. The molecule has 0 aliphatic heterocycles. The maximum atomic E-state index is 12.4. The fourth-order valence-electron chi connectivity index (χ4n) is 1.95. The summed E-state index contributed by atoms with van der Waals surface area (Å²) in [5.41, 5.74) is -0.576. The Balaban J connectivity index is 5.03. The van der Waals surface area contributed by atoms with Gasteiger partial charge in [-0.25, -0.2) is 4.79 Å². The molecule has 0 radical (unpaired) electrons. The molecule has 0 saturated carbocycles. The largest absolute Gasteiger partial charge is 0.466 e. The summed E-state index contributed by atoms with van der Waals surface area (Å²) in [5.74, 6) is -0.738. The Morgan fingerprint density at radius 2 is 1.96 bits per heavy atom. The van der Waals surface area contributed by atoms with Gasteiger partial charge in [0.1, 0.15) is 5.60 Å². The van der Waals surface area contributed by atoms with E-state index in [9.17, 15) is 9.59 Å². The maximum absolute atomic E-state index is 12.4. The van der Waals surface area contributed by atoms with Crippen molar-refractivity contribution >= 4 is 12.1 Å². The second-order valence-corrected chi connectivity index (χ2v) is 6.26. The van der Waals surface area contributed by atoms with Crippen molar-refractivity contribution in [3.63, 3.8) is 0 Å². The zero-order valence-corrected chi connectivity index (χ0v) is 15.1. The summed E-state index contributed by atoms with van der Waals surface area (Å²) in [6.45, 7) is 13.9. The summed E-state index contributed by atoms with van der Waals surface area (Å²) in [5, 5.41) is 0. The lowest BCUT2D eigenvalue weighted by Crippen LogP contribution is -2.41. The average molecular weight is 325 g/mol. The van der Waals surface area contributed by atoms with Gasteiger partial charge in [-0.05, 0) is 47.5 Å². The fraction of sp³-hybridized carbons (Fsp3) is 0.667. The average Bonchev–Trinajstić information content (AvgIpc) is 2.43. The number of carbonyl (C=O) groups excluding carboxylic acids is 2. The SMILES string of the molecule is C=CCC(CN(CCC=CC)C(=O)OC(C)(C)C)C(=O)OCC. The van der Waals surface area contributed by atoms with Crippen LogP contribution < -0.4 is 0 Å². The van der Waals surface area contributed by atoms with E-state index in [4.69, 9.17) is 9.47 Å². The second kappa shape index (κ2) is 10.9. The molecule has 0 heterocycles. The summed E-state index contributed by atoms with van der Waals surface area (Å²) < 4.78 is 10.5. The predicted octanol–water partition coefficient (Wildman–Crippen LogP) is 3.95. The first-order chi connectivity index (χ1) is 10.7. The molecule has 0 rings (SSSR count). The van der Waals surface area contributed by atoms with E-state index in [0.29, 0.717) is 26.0 Å². The van der Waals surface area contributed by atoms with Crippen molar-refractivity contribution in [3.05, 3.63) is 24.8 Å². The molecule has 0 aromatic rings. The Labute approximate surface area is 140 Å². The quantitative estimate of drug-likeness (QED) is 0.476. The number of esters is 1. The summed E-state index contributed by atoms with van der Waals surface area (Å²) in [7, 11) is 0. The molecular weight excluding hydrogens is 294 g/mol. The van der Waals surface area contributed by atoms with E-state index in [1.165, 1.54) is 0 Å². The third-order valence-electron chi connectivity index (χ3n) is 2.96. The Kier molecular flexibility index (Phi) is 10.0. The Morgan fingerprint density at radius 3 is 2.43 bits per heavy atom. The number of hydrogen-bond donors (Lipinski definition) is 0. The number of rotatable bonds is 9. The minimum atomic E-state index is -0.576. The van der Waals surface area contributed by atoms with Crippen LogP contribution in [0.2, 0.25) is 0 Å². The van der Waals surface area contributed by atoms with Crippen LogP contribution in [0, 0.1) is 5.92 Å². The van der Waals surface area contributed by atoms with Gasteiger partial charge in [0, 0.05) is 13.1 Å². The van der Waals surface area contributed by atoms with Crippen LogP contribution >= 0.6 is 0 Å². The second-order valence-electron chi connectivity index (χ2n) is 6.26.